The number of anilines is 1. The van der Waals surface area contributed by atoms with Crippen LogP contribution in [0.3, 0.4) is 0 Å². The van der Waals surface area contributed by atoms with Crippen molar-refractivity contribution in [3.8, 4) is 16.9 Å². The molecule has 36 heavy (non-hydrogen) atoms. The summed E-state index contributed by atoms with van der Waals surface area (Å²) in [7, 11) is 0. The number of para-hydroxylation sites is 2. The Morgan fingerprint density at radius 2 is 1.53 bits per heavy atom. The lowest BCUT2D eigenvalue weighted by atomic mass is 10.00. The molecule has 0 aliphatic carbocycles. The van der Waals surface area contributed by atoms with Crippen LogP contribution in [0.2, 0.25) is 0 Å². The van der Waals surface area contributed by atoms with Crippen LogP contribution in [-0.2, 0) is 6.42 Å². The quantitative estimate of drug-likeness (QED) is 0.403. The molecule has 2 amide bonds. The molecule has 0 bridgehead atoms. The maximum atomic E-state index is 14.1. The van der Waals surface area contributed by atoms with Crippen LogP contribution in [0, 0.1) is 0 Å². The van der Waals surface area contributed by atoms with Crippen molar-refractivity contribution >= 4 is 17.7 Å². The number of rotatable bonds is 5. The number of nitrogens with two attached hydrogens (primary N) is 1. The number of carbonyl (C=O) groups excluding carboxylic acids is 1. The van der Waals surface area contributed by atoms with Crippen LogP contribution in [0.15, 0.2) is 97.2 Å². The van der Waals surface area contributed by atoms with E-state index in [-0.39, 0.29) is 25.0 Å². The summed E-state index contributed by atoms with van der Waals surface area (Å²) in [6.45, 7) is 0.873. The van der Waals surface area contributed by atoms with Gasteiger partial charge < -0.3 is 25.2 Å². The minimum Gasteiger partial charge on any atom is -0.465 e. The molecule has 1 aliphatic heterocycles. The molecule has 7 nitrogen and oxygen atoms in total. The number of carbonyl (C=O) groups is 2. The number of carboxylic acid groups (broad SMARTS) is 1. The zero-order valence-electron chi connectivity index (χ0n) is 19.8. The summed E-state index contributed by atoms with van der Waals surface area (Å²) < 4.78 is 1.96. The van der Waals surface area contributed by atoms with Crippen LogP contribution in [0.4, 0.5) is 10.5 Å². The highest BCUT2D eigenvalue weighted by Crippen LogP contribution is 2.32. The molecule has 182 valence electrons. The molecular formula is C29H28N4O3. The summed E-state index contributed by atoms with van der Waals surface area (Å²) in [6, 6.07) is 28.8. The molecule has 3 aromatic carbocycles. The van der Waals surface area contributed by atoms with Crippen LogP contribution in [0.25, 0.3) is 16.9 Å². The lowest BCUT2D eigenvalue weighted by Crippen LogP contribution is -2.57. The topological polar surface area (TPSA) is 91.8 Å². The van der Waals surface area contributed by atoms with Gasteiger partial charge in [0.05, 0.1) is 28.7 Å². The van der Waals surface area contributed by atoms with Gasteiger partial charge in [-0.1, -0.05) is 72.8 Å². The minimum absolute atomic E-state index is 0.118. The average molecular weight is 481 g/mol. The number of nitrogen functional groups attached to an aromatic ring is 1. The van der Waals surface area contributed by atoms with Crippen molar-refractivity contribution in [1.82, 2.24) is 14.4 Å². The summed E-state index contributed by atoms with van der Waals surface area (Å²) in [5.41, 5.74) is 11.0. The first-order valence-electron chi connectivity index (χ1n) is 12.0. The van der Waals surface area contributed by atoms with Crippen molar-refractivity contribution < 1.29 is 14.7 Å². The first-order chi connectivity index (χ1) is 17.5. The monoisotopic (exact) mass is 480 g/mol. The van der Waals surface area contributed by atoms with Crippen molar-refractivity contribution in [1.29, 1.82) is 0 Å². The second-order valence-corrected chi connectivity index (χ2v) is 8.94. The Hall–Kier alpha value is -4.52. The number of benzene rings is 3. The SMILES string of the molecule is Nc1ccccc1-n1ccc(C(=O)N2CCN(C(=O)O)CC2Cc2ccccc2)c1-c1ccccc1. The lowest BCUT2D eigenvalue weighted by molar-refractivity contribution is 0.0451. The van der Waals surface area contributed by atoms with E-state index in [4.69, 9.17) is 5.73 Å². The van der Waals surface area contributed by atoms with Gasteiger partial charge in [-0.2, -0.15) is 0 Å². The molecular weight excluding hydrogens is 452 g/mol. The van der Waals surface area contributed by atoms with Gasteiger partial charge in [-0.25, -0.2) is 4.79 Å². The molecule has 5 rings (SSSR count). The normalized spacial score (nSPS) is 15.6. The molecule has 1 atom stereocenters. The van der Waals surface area contributed by atoms with Gasteiger partial charge in [0.25, 0.3) is 5.91 Å². The van der Waals surface area contributed by atoms with Gasteiger partial charge in [-0.3, -0.25) is 4.79 Å². The molecule has 1 fully saturated rings. The molecule has 7 heteroatoms. The second kappa shape index (κ2) is 10.00. The Labute approximate surface area is 210 Å². The number of piperazine rings is 1. The highest BCUT2D eigenvalue weighted by Gasteiger charge is 2.34. The van der Waals surface area contributed by atoms with Crippen LogP contribution in [0.5, 0.6) is 0 Å². The third kappa shape index (κ3) is 4.55. The summed E-state index contributed by atoms with van der Waals surface area (Å²) in [4.78, 5) is 29.1. The Bertz CT molecular complexity index is 1370. The van der Waals surface area contributed by atoms with Gasteiger partial charge in [0.15, 0.2) is 0 Å². The van der Waals surface area contributed by atoms with E-state index in [1.54, 1.807) is 0 Å². The molecule has 0 spiro atoms. The molecule has 2 heterocycles. The Kier molecular flexibility index (Phi) is 6.45. The van der Waals surface area contributed by atoms with Crippen LogP contribution >= 0.6 is 0 Å². The van der Waals surface area contributed by atoms with E-state index in [9.17, 15) is 14.7 Å². The third-order valence-electron chi connectivity index (χ3n) is 6.69. The van der Waals surface area contributed by atoms with E-state index in [1.807, 2.05) is 107 Å². The second-order valence-electron chi connectivity index (χ2n) is 8.94. The number of aromatic nitrogens is 1. The van der Waals surface area contributed by atoms with E-state index >= 15 is 0 Å². The zero-order chi connectivity index (χ0) is 25.1. The van der Waals surface area contributed by atoms with Crippen LogP contribution in [-0.4, -0.2) is 57.1 Å². The zero-order valence-corrected chi connectivity index (χ0v) is 19.8. The summed E-state index contributed by atoms with van der Waals surface area (Å²) >= 11 is 0. The highest BCUT2D eigenvalue weighted by atomic mass is 16.4. The molecule has 0 saturated carbocycles. The first-order valence-corrected chi connectivity index (χ1v) is 12.0. The van der Waals surface area contributed by atoms with Gasteiger partial charge in [-0.05, 0) is 35.7 Å². The third-order valence-corrected chi connectivity index (χ3v) is 6.69. The molecule has 3 N–H and O–H groups in total. The summed E-state index contributed by atoms with van der Waals surface area (Å²) in [6.07, 6.45) is 1.49. The van der Waals surface area contributed by atoms with E-state index in [2.05, 4.69) is 0 Å². The minimum atomic E-state index is -0.962. The molecule has 1 saturated heterocycles. The predicted octanol–water partition coefficient (Wildman–Crippen LogP) is 4.77. The molecule has 4 aromatic rings. The molecule has 1 aliphatic rings. The van der Waals surface area contributed by atoms with Crippen molar-refractivity contribution in [2.45, 2.75) is 12.5 Å². The molecule has 1 unspecified atom stereocenters. The number of nitrogens with zero attached hydrogens (tertiary/aromatic N) is 3. The van der Waals surface area contributed by atoms with E-state index in [0.29, 0.717) is 24.2 Å². The largest absolute Gasteiger partial charge is 0.465 e. The Morgan fingerprint density at radius 1 is 0.861 bits per heavy atom. The van der Waals surface area contributed by atoms with Crippen molar-refractivity contribution in [3.63, 3.8) is 0 Å². The summed E-state index contributed by atoms with van der Waals surface area (Å²) in [5.74, 6) is -0.118. The van der Waals surface area contributed by atoms with Gasteiger partial charge >= 0.3 is 6.09 Å². The Balaban J connectivity index is 1.56. The summed E-state index contributed by atoms with van der Waals surface area (Å²) in [5, 5.41) is 9.62. The van der Waals surface area contributed by atoms with Gasteiger partial charge in [-0.15, -0.1) is 0 Å². The fraction of sp³-hybridized carbons (Fsp3) is 0.172. The van der Waals surface area contributed by atoms with E-state index in [0.717, 1.165) is 22.5 Å². The van der Waals surface area contributed by atoms with Crippen molar-refractivity contribution in [2.75, 3.05) is 25.4 Å². The smallest absolute Gasteiger partial charge is 0.407 e. The fourth-order valence-corrected chi connectivity index (χ4v) is 4.92. The highest BCUT2D eigenvalue weighted by molar-refractivity contribution is 6.01. The number of hydrogen-bond donors (Lipinski definition) is 2. The van der Waals surface area contributed by atoms with Crippen LogP contribution in [0.1, 0.15) is 15.9 Å². The molecule has 1 aromatic heterocycles. The number of hydrogen-bond acceptors (Lipinski definition) is 3. The maximum Gasteiger partial charge on any atom is 0.407 e. The van der Waals surface area contributed by atoms with E-state index in [1.165, 1.54) is 4.90 Å². The standard InChI is InChI=1S/C29H28N4O3/c30-25-13-7-8-14-26(25)33-16-15-24(27(33)22-11-5-2-6-12-22)28(34)32-18-17-31(29(35)36)20-23(32)19-21-9-3-1-4-10-21/h1-16,23H,17-20,30H2,(H,35,36). The van der Waals surface area contributed by atoms with Gasteiger partial charge in [0, 0.05) is 25.8 Å². The van der Waals surface area contributed by atoms with Gasteiger partial charge in [0.2, 0.25) is 0 Å². The lowest BCUT2D eigenvalue weighted by Gasteiger charge is -2.40. The maximum absolute atomic E-state index is 14.1. The Morgan fingerprint density at radius 3 is 2.22 bits per heavy atom. The van der Waals surface area contributed by atoms with Crippen LogP contribution < -0.4 is 5.73 Å². The predicted molar refractivity (Wildman–Crippen MR) is 140 cm³/mol. The van der Waals surface area contributed by atoms with E-state index < -0.39 is 6.09 Å². The fourth-order valence-electron chi connectivity index (χ4n) is 4.92. The average Bonchev–Trinajstić information content (AvgIpc) is 3.34. The first kappa shape index (κ1) is 23.2. The molecule has 0 radical (unpaired) electrons. The van der Waals surface area contributed by atoms with Gasteiger partial charge in [0.1, 0.15) is 0 Å². The van der Waals surface area contributed by atoms with Crippen molar-refractivity contribution in [2.24, 2.45) is 0 Å². The number of amides is 2. The van der Waals surface area contributed by atoms with Crippen molar-refractivity contribution in [3.05, 3.63) is 108 Å².